The van der Waals surface area contributed by atoms with Crippen molar-refractivity contribution in [1.82, 2.24) is 10.6 Å². The first-order valence-corrected chi connectivity index (χ1v) is 9.08. The van der Waals surface area contributed by atoms with E-state index in [4.69, 9.17) is 4.74 Å². The monoisotopic (exact) mass is 373 g/mol. The lowest BCUT2D eigenvalue weighted by Gasteiger charge is -2.31. The first kappa shape index (κ1) is 18.9. The van der Waals surface area contributed by atoms with Gasteiger partial charge in [-0.1, -0.05) is 25.5 Å². The van der Waals surface area contributed by atoms with Crippen molar-refractivity contribution in [3.63, 3.8) is 0 Å². The number of non-ortho nitro benzene ring substituents is 1. The number of nitrogens with one attached hydrogen (secondary N) is 2. The third-order valence-electron chi connectivity index (χ3n) is 5.07. The minimum atomic E-state index is -0.799. The van der Waals surface area contributed by atoms with Crippen LogP contribution in [0, 0.1) is 16.0 Å². The summed E-state index contributed by atoms with van der Waals surface area (Å²) in [5.41, 5.74) is 1.02. The number of benzene rings is 1. The number of hydrogen-bond donors (Lipinski definition) is 2. The van der Waals surface area contributed by atoms with Crippen molar-refractivity contribution in [1.29, 1.82) is 0 Å². The molecule has 1 heterocycles. The van der Waals surface area contributed by atoms with Crippen molar-refractivity contribution in [2.75, 3.05) is 0 Å². The van der Waals surface area contributed by atoms with Gasteiger partial charge in [-0.05, 0) is 37.7 Å². The molecule has 1 saturated carbocycles. The van der Waals surface area contributed by atoms with Gasteiger partial charge in [0.1, 0.15) is 6.10 Å². The summed E-state index contributed by atoms with van der Waals surface area (Å²) in [6.07, 6.45) is 3.64. The summed E-state index contributed by atoms with van der Waals surface area (Å²) in [6, 6.07) is 4.64. The highest BCUT2D eigenvalue weighted by molar-refractivity contribution is 5.95. The van der Waals surface area contributed by atoms with Crippen molar-refractivity contribution >= 4 is 17.7 Å². The SMILES string of the molecule is CC1=C(C(=O)O[C@@H]2CCC[C@@H](C)C2)[C@@H](c2cccc([N+](=O)[O-])c2)NC(=O)N1. The molecule has 0 radical (unpaired) electrons. The molecule has 1 aromatic rings. The van der Waals surface area contributed by atoms with Gasteiger partial charge in [0.05, 0.1) is 16.5 Å². The van der Waals surface area contributed by atoms with Gasteiger partial charge >= 0.3 is 12.0 Å². The molecule has 2 N–H and O–H groups in total. The largest absolute Gasteiger partial charge is 0.459 e. The Morgan fingerprint density at radius 3 is 2.81 bits per heavy atom. The number of carbonyl (C=O) groups excluding carboxylic acids is 2. The van der Waals surface area contributed by atoms with Gasteiger partial charge in [0.2, 0.25) is 0 Å². The summed E-state index contributed by atoms with van der Waals surface area (Å²) < 4.78 is 5.71. The van der Waals surface area contributed by atoms with Crippen LogP contribution in [0.1, 0.15) is 51.1 Å². The molecule has 2 amide bonds. The average Bonchev–Trinajstić information content (AvgIpc) is 2.61. The fourth-order valence-electron chi connectivity index (χ4n) is 3.73. The van der Waals surface area contributed by atoms with Crippen LogP contribution >= 0.6 is 0 Å². The fourth-order valence-corrected chi connectivity index (χ4v) is 3.73. The highest BCUT2D eigenvalue weighted by atomic mass is 16.6. The Morgan fingerprint density at radius 2 is 2.11 bits per heavy atom. The third kappa shape index (κ3) is 4.27. The van der Waals surface area contributed by atoms with Crippen LogP contribution < -0.4 is 10.6 Å². The molecule has 3 rings (SSSR count). The molecular weight excluding hydrogens is 350 g/mol. The molecule has 0 aromatic heterocycles. The molecule has 1 aliphatic heterocycles. The summed E-state index contributed by atoms with van der Waals surface area (Å²) in [5, 5.41) is 16.3. The third-order valence-corrected chi connectivity index (χ3v) is 5.07. The molecule has 3 atom stereocenters. The maximum atomic E-state index is 12.9. The van der Waals surface area contributed by atoms with Crippen LogP contribution in [0.4, 0.5) is 10.5 Å². The molecule has 0 bridgehead atoms. The molecule has 2 aliphatic rings. The molecule has 27 heavy (non-hydrogen) atoms. The number of esters is 1. The van der Waals surface area contributed by atoms with Crippen LogP contribution in [-0.4, -0.2) is 23.0 Å². The molecule has 8 heteroatoms. The van der Waals surface area contributed by atoms with Crippen molar-refractivity contribution in [3.05, 3.63) is 51.2 Å². The lowest BCUT2D eigenvalue weighted by atomic mass is 9.88. The van der Waals surface area contributed by atoms with Crippen LogP contribution in [0.15, 0.2) is 35.5 Å². The quantitative estimate of drug-likeness (QED) is 0.478. The average molecular weight is 373 g/mol. The van der Waals surface area contributed by atoms with Crippen LogP contribution in [0.2, 0.25) is 0 Å². The number of amides is 2. The number of rotatable bonds is 4. The number of nitro benzene ring substituents is 1. The van der Waals surface area contributed by atoms with Gasteiger partial charge in [0, 0.05) is 17.8 Å². The summed E-state index contributed by atoms with van der Waals surface area (Å²) in [4.78, 5) is 35.4. The van der Waals surface area contributed by atoms with E-state index in [-0.39, 0.29) is 17.4 Å². The summed E-state index contributed by atoms with van der Waals surface area (Å²) >= 11 is 0. The Balaban J connectivity index is 1.88. The zero-order chi connectivity index (χ0) is 19.6. The van der Waals surface area contributed by atoms with Crippen LogP contribution in [-0.2, 0) is 9.53 Å². The Morgan fingerprint density at radius 1 is 1.33 bits per heavy atom. The van der Waals surface area contributed by atoms with Crippen molar-refractivity contribution < 1.29 is 19.2 Å². The number of nitrogens with zero attached hydrogens (tertiary/aromatic N) is 1. The lowest BCUT2D eigenvalue weighted by molar-refractivity contribution is -0.384. The second-order valence-corrected chi connectivity index (χ2v) is 7.22. The second-order valence-electron chi connectivity index (χ2n) is 7.22. The highest BCUT2D eigenvalue weighted by Gasteiger charge is 2.34. The molecule has 0 unspecified atom stereocenters. The normalized spacial score (nSPS) is 25.4. The van der Waals surface area contributed by atoms with E-state index in [0.29, 0.717) is 17.2 Å². The second kappa shape index (κ2) is 7.77. The zero-order valence-electron chi connectivity index (χ0n) is 15.4. The molecule has 0 spiro atoms. The predicted molar refractivity (Wildman–Crippen MR) is 97.7 cm³/mol. The lowest BCUT2D eigenvalue weighted by Crippen LogP contribution is -2.45. The number of nitro groups is 1. The summed E-state index contributed by atoms with van der Waals surface area (Å²) in [7, 11) is 0. The van der Waals surface area contributed by atoms with Crippen molar-refractivity contribution in [2.24, 2.45) is 5.92 Å². The van der Waals surface area contributed by atoms with E-state index in [1.54, 1.807) is 13.0 Å². The maximum absolute atomic E-state index is 12.9. The van der Waals surface area contributed by atoms with Gasteiger partial charge in [-0.2, -0.15) is 0 Å². The number of hydrogen-bond acceptors (Lipinski definition) is 5. The van der Waals surface area contributed by atoms with E-state index >= 15 is 0 Å². The number of carbonyl (C=O) groups is 2. The molecule has 1 aromatic carbocycles. The van der Waals surface area contributed by atoms with E-state index in [9.17, 15) is 19.7 Å². The Bertz CT molecular complexity index is 804. The van der Waals surface area contributed by atoms with Gasteiger partial charge in [-0.25, -0.2) is 9.59 Å². The predicted octanol–water partition coefficient (Wildman–Crippen LogP) is 3.34. The molecule has 144 valence electrons. The number of allylic oxidation sites excluding steroid dienone is 1. The number of ether oxygens (including phenoxy) is 1. The Kier molecular flexibility index (Phi) is 5.43. The smallest absolute Gasteiger partial charge is 0.338 e. The minimum Gasteiger partial charge on any atom is -0.459 e. The number of urea groups is 1. The topological polar surface area (TPSA) is 111 Å². The van der Waals surface area contributed by atoms with Crippen LogP contribution in [0.3, 0.4) is 0 Å². The minimum absolute atomic E-state index is 0.105. The molecule has 1 fully saturated rings. The first-order valence-electron chi connectivity index (χ1n) is 9.08. The Labute approximate surface area is 157 Å². The van der Waals surface area contributed by atoms with E-state index in [1.165, 1.54) is 18.2 Å². The standard InChI is InChI=1S/C19H23N3O5/c1-11-5-3-8-15(9-11)27-18(23)16-12(2)20-19(24)21-17(16)13-6-4-7-14(10-13)22(25)26/h4,6-7,10-11,15,17H,3,5,8-9H2,1-2H3,(H2,20,21,24)/t11-,15-,17-/m1/s1. The Hall–Kier alpha value is -2.90. The fraction of sp³-hybridized carbons (Fsp3) is 0.474. The summed E-state index contributed by atoms with van der Waals surface area (Å²) in [5.74, 6) is -0.000939. The highest BCUT2D eigenvalue weighted by Crippen LogP contribution is 2.32. The van der Waals surface area contributed by atoms with E-state index in [2.05, 4.69) is 17.6 Å². The van der Waals surface area contributed by atoms with E-state index in [0.717, 1.165) is 25.7 Å². The molecule has 0 saturated heterocycles. The van der Waals surface area contributed by atoms with Gasteiger partial charge in [-0.15, -0.1) is 0 Å². The molecule has 8 nitrogen and oxygen atoms in total. The van der Waals surface area contributed by atoms with Crippen LogP contribution in [0.5, 0.6) is 0 Å². The van der Waals surface area contributed by atoms with Crippen molar-refractivity contribution in [2.45, 2.75) is 51.7 Å². The molecule has 1 aliphatic carbocycles. The summed E-state index contributed by atoms with van der Waals surface area (Å²) in [6.45, 7) is 3.77. The van der Waals surface area contributed by atoms with Crippen molar-refractivity contribution in [3.8, 4) is 0 Å². The molecular formula is C19H23N3O5. The zero-order valence-corrected chi connectivity index (χ0v) is 15.4. The van der Waals surface area contributed by atoms with Gasteiger partial charge in [0.15, 0.2) is 0 Å². The maximum Gasteiger partial charge on any atom is 0.338 e. The van der Waals surface area contributed by atoms with Gasteiger partial charge < -0.3 is 15.4 Å². The van der Waals surface area contributed by atoms with E-state index < -0.39 is 23.0 Å². The first-order chi connectivity index (χ1) is 12.8. The van der Waals surface area contributed by atoms with Gasteiger partial charge in [-0.3, -0.25) is 10.1 Å². The van der Waals surface area contributed by atoms with Crippen LogP contribution in [0.25, 0.3) is 0 Å². The van der Waals surface area contributed by atoms with Gasteiger partial charge in [0.25, 0.3) is 5.69 Å². The van der Waals surface area contributed by atoms with E-state index in [1.807, 2.05) is 0 Å².